The number of nitrogens with zero attached hydrogens (tertiary/aromatic N) is 3. The topological polar surface area (TPSA) is 84.1 Å². The smallest absolute Gasteiger partial charge is 0.236 e. The van der Waals surface area contributed by atoms with Gasteiger partial charge in [-0.1, -0.05) is 6.07 Å². The Kier molecular flexibility index (Phi) is 2.79. The highest BCUT2D eigenvalue weighted by Gasteiger charge is 2.49. The third-order valence-corrected chi connectivity index (χ3v) is 4.70. The lowest BCUT2D eigenvalue weighted by Gasteiger charge is -2.38. The average molecular weight is 295 g/mol. The number of hydrogen-bond donors (Lipinski definition) is 2. The average Bonchev–Trinajstić information content (AvgIpc) is 2.82. The van der Waals surface area contributed by atoms with Gasteiger partial charge in [0, 0.05) is 24.8 Å². The molecule has 1 spiro atoms. The SMILES string of the molecule is Nc1ccc(N2CCC3(CC2)C(=O)Nc2ncccc23)nc1. The van der Waals surface area contributed by atoms with E-state index in [1.165, 1.54) is 0 Å². The lowest BCUT2D eigenvalue weighted by atomic mass is 9.74. The van der Waals surface area contributed by atoms with E-state index >= 15 is 0 Å². The molecule has 112 valence electrons. The Balaban J connectivity index is 1.59. The number of rotatable bonds is 1. The molecule has 0 atom stereocenters. The number of pyridine rings is 2. The van der Waals surface area contributed by atoms with E-state index in [9.17, 15) is 4.79 Å². The first-order chi connectivity index (χ1) is 10.7. The molecule has 3 N–H and O–H groups in total. The van der Waals surface area contributed by atoms with E-state index in [0.29, 0.717) is 11.5 Å². The number of nitrogens with one attached hydrogen (secondary N) is 1. The fraction of sp³-hybridized carbons (Fsp3) is 0.312. The van der Waals surface area contributed by atoms with Crippen LogP contribution in [0.3, 0.4) is 0 Å². The lowest BCUT2D eigenvalue weighted by molar-refractivity contribution is -0.121. The van der Waals surface area contributed by atoms with Gasteiger partial charge in [0.2, 0.25) is 5.91 Å². The number of piperidine rings is 1. The number of nitrogen functional groups attached to an aromatic ring is 1. The predicted molar refractivity (Wildman–Crippen MR) is 84.6 cm³/mol. The minimum absolute atomic E-state index is 0.0751. The summed E-state index contributed by atoms with van der Waals surface area (Å²) in [6.07, 6.45) is 4.92. The van der Waals surface area contributed by atoms with Crippen molar-refractivity contribution in [3.8, 4) is 0 Å². The van der Waals surface area contributed by atoms with Gasteiger partial charge in [0.1, 0.15) is 11.6 Å². The zero-order chi connectivity index (χ0) is 15.2. The number of anilines is 3. The van der Waals surface area contributed by atoms with Gasteiger partial charge < -0.3 is 16.0 Å². The van der Waals surface area contributed by atoms with Gasteiger partial charge in [-0.05, 0) is 31.0 Å². The van der Waals surface area contributed by atoms with Gasteiger partial charge in [0.15, 0.2) is 0 Å². The van der Waals surface area contributed by atoms with Gasteiger partial charge in [-0.3, -0.25) is 4.79 Å². The van der Waals surface area contributed by atoms with Crippen molar-refractivity contribution in [3.63, 3.8) is 0 Å². The molecule has 4 heterocycles. The standard InChI is InChI=1S/C16H17N5O/c17-11-3-4-13(19-10-11)21-8-5-16(6-9-21)12-2-1-7-18-14(12)20-15(16)22/h1-4,7,10H,5-6,8-9,17H2,(H,18,20,22). The Morgan fingerprint density at radius 1 is 1.18 bits per heavy atom. The summed E-state index contributed by atoms with van der Waals surface area (Å²) in [4.78, 5) is 23.3. The first-order valence-corrected chi connectivity index (χ1v) is 7.42. The van der Waals surface area contributed by atoms with E-state index < -0.39 is 5.41 Å². The van der Waals surface area contributed by atoms with Crippen molar-refractivity contribution in [1.29, 1.82) is 0 Å². The van der Waals surface area contributed by atoms with Crippen LogP contribution in [0.2, 0.25) is 0 Å². The molecule has 1 amide bonds. The monoisotopic (exact) mass is 295 g/mol. The summed E-state index contributed by atoms with van der Waals surface area (Å²) < 4.78 is 0. The van der Waals surface area contributed by atoms with Crippen molar-refractivity contribution in [1.82, 2.24) is 9.97 Å². The molecule has 0 aromatic carbocycles. The maximum atomic E-state index is 12.5. The van der Waals surface area contributed by atoms with Crippen LogP contribution < -0.4 is 16.0 Å². The number of carbonyl (C=O) groups is 1. The number of hydrogen-bond acceptors (Lipinski definition) is 5. The van der Waals surface area contributed by atoms with Crippen LogP contribution in [0.4, 0.5) is 17.3 Å². The summed E-state index contributed by atoms with van der Waals surface area (Å²) in [5.74, 6) is 1.70. The third-order valence-electron chi connectivity index (χ3n) is 4.70. The Hall–Kier alpha value is -2.63. The van der Waals surface area contributed by atoms with Crippen LogP contribution in [-0.2, 0) is 10.2 Å². The molecule has 1 saturated heterocycles. The van der Waals surface area contributed by atoms with Gasteiger partial charge in [-0.25, -0.2) is 9.97 Å². The van der Waals surface area contributed by atoms with Crippen molar-refractivity contribution in [2.24, 2.45) is 0 Å². The van der Waals surface area contributed by atoms with E-state index in [2.05, 4.69) is 20.2 Å². The zero-order valence-corrected chi connectivity index (χ0v) is 12.1. The fourth-order valence-electron chi connectivity index (χ4n) is 3.44. The third kappa shape index (κ3) is 1.83. The van der Waals surface area contributed by atoms with Crippen LogP contribution in [0, 0.1) is 0 Å². The van der Waals surface area contributed by atoms with E-state index in [-0.39, 0.29) is 5.91 Å². The highest BCUT2D eigenvalue weighted by atomic mass is 16.2. The summed E-state index contributed by atoms with van der Waals surface area (Å²) in [5, 5.41) is 2.92. The molecule has 4 rings (SSSR count). The van der Waals surface area contributed by atoms with Crippen molar-refractivity contribution in [2.75, 3.05) is 29.0 Å². The van der Waals surface area contributed by atoms with Crippen molar-refractivity contribution >= 4 is 23.2 Å². The summed E-state index contributed by atoms with van der Waals surface area (Å²) in [6.45, 7) is 1.58. The molecule has 1 fully saturated rings. The number of fused-ring (bicyclic) bond motifs is 2. The maximum absolute atomic E-state index is 12.5. The minimum Gasteiger partial charge on any atom is -0.397 e. The highest BCUT2D eigenvalue weighted by Crippen LogP contribution is 2.44. The van der Waals surface area contributed by atoms with Crippen molar-refractivity contribution in [3.05, 3.63) is 42.2 Å². The van der Waals surface area contributed by atoms with Crippen LogP contribution in [0.15, 0.2) is 36.7 Å². The fourth-order valence-corrected chi connectivity index (χ4v) is 3.44. The predicted octanol–water partition coefficient (Wildman–Crippen LogP) is 1.55. The van der Waals surface area contributed by atoms with Crippen molar-refractivity contribution in [2.45, 2.75) is 18.3 Å². The van der Waals surface area contributed by atoms with Gasteiger partial charge in [-0.15, -0.1) is 0 Å². The first kappa shape index (κ1) is 13.1. The molecule has 0 radical (unpaired) electrons. The van der Waals surface area contributed by atoms with Gasteiger partial charge in [-0.2, -0.15) is 0 Å². The molecule has 2 aromatic heterocycles. The zero-order valence-electron chi connectivity index (χ0n) is 12.1. The highest BCUT2D eigenvalue weighted by molar-refractivity contribution is 6.05. The molecular weight excluding hydrogens is 278 g/mol. The second-order valence-electron chi connectivity index (χ2n) is 5.87. The Morgan fingerprint density at radius 2 is 2.00 bits per heavy atom. The molecule has 2 aliphatic rings. The Morgan fingerprint density at radius 3 is 2.73 bits per heavy atom. The Labute approximate surface area is 128 Å². The van der Waals surface area contributed by atoms with Crippen LogP contribution in [0.1, 0.15) is 18.4 Å². The molecule has 6 heteroatoms. The molecule has 0 saturated carbocycles. The second-order valence-corrected chi connectivity index (χ2v) is 5.87. The van der Waals surface area contributed by atoms with Gasteiger partial charge in [0.05, 0.1) is 17.3 Å². The first-order valence-electron chi connectivity index (χ1n) is 7.42. The molecule has 2 aliphatic heterocycles. The van der Waals surface area contributed by atoms with E-state index in [1.54, 1.807) is 12.4 Å². The summed E-state index contributed by atoms with van der Waals surface area (Å²) in [5.41, 5.74) is 6.94. The normalized spacial score (nSPS) is 19.1. The minimum atomic E-state index is -0.437. The molecule has 6 nitrogen and oxygen atoms in total. The van der Waals surface area contributed by atoms with E-state index in [0.717, 1.165) is 37.3 Å². The molecule has 0 unspecified atom stereocenters. The lowest BCUT2D eigenvalue weighted by Crippen LogP contribution is -2.46. The molecule has 2 aromatic rings. The summed E-state index contributed by atoms with van der Waals surface area (Å²) in [7, 11) is 0. The number of amides is 1. The number of nitrogens with two attached hydrogens (primary N) is 1. The number of carbonyl (C=O) groups excluding carboxylic acids is 1. The van der Waals surface area contributed by atoms with E-state index in [1.807, 2.05) is 24.3 Å². The maximum Gasteiger partial charge on any atom is 0.236 e. The van der Waals surface area contributed by atoms with Crippen LogP contribution in [-0.4, -0.2) is 29.0 Å². The van der Waals surface area contributed by atoms with Crippen LogP contribution >= 0.6 is 0 Å². The van der Waals surface area contributed by atoms with E-state index in [4.69, 9.17) is 5.73 Å². The summed E-state index contributed by atoms with van der Waals surface area (Å²) in [6, 6.07) is 7.69. The number of aromatic nitrogens is 2. The van der Waals surface area contributed by atoms with Gasteiger partial charge in [0.25, 0.3) is 0 Å². The summed E-state index contributed by atoms with van der Waals surface area (Å²) >= 11 is 0. The molecular formula is C16H17N5O. The molecule has 22 heavy (non-hydrogen) atoms. The van der Waals surface area contributed by atoms with Gasteiger partial charge >= 0.3 is 0 Å². The van der Waals surface area contributed by atoms with Crippen molar-refractivity contribution < 1.29 is 4.79 Å². The van der Waals surface area contributed by atoms with Crippen LogP contribution in [0.5, 0.6) is 0 Å². The quantitative estimate of drug-likeness (QED) is 0.834. The largest absolute Gasteiger partial charge is 0.397 e. The Bertz CT molecular complexity index is 720. The molecule has 0 bridgehead atoms. The second kappa shape index (κ2) is 4.69. The molecule has 0 aliphatic carbocycles. The van der Waals surface area contributed by atoms with Crippen LogP contribution in [0.25, 0.3) is 0 Å².